The van der Waals surface area contributed by atoms with Crippen LogP contribution in [0.25, 0.3) is 11.1 Å². The van der Waals surface area contributed by atoms with Crippen molar-refractivity contribution in [3.8, 4) is 11.1 Å². The van der Waals surface area contributed by atoms with Gasteiger partial charge in [-0.05, 0) is 49.3 Å². The van der Waals surface area contributed by atoms with Crippen molar-refractivity contribution in [3.05, 3.63) is 60.2 Å². The van der Waals surface area contributed by atoms with Crippen LogP contribution in [0.3, 0.4) is 0 Å². The van der Waals surface area contributed by atoms with Gasteiger partial charge in [0.2, 0.25) is 0 Å². The molecule has 1 saturated heterocycles. The van der Waals surface area contributed by atoms with Gasteiger partial charge in [-0.1, -0.05) is 54.6 Å². The van der Waals surface area contributed by atoms with E-state index in [0.717, 1.165) is 32.2 Å². The molecule has 1 aliphatic heterocycles. The minimum Gasteiger partial charge on any atom is -0.376 e. The predicted octanol–water partition coefficient (Wildman–Crippen LogP) is 3.42. The van der Waals surface area contributed by atoms with Gasteiger partial charge in [0.25, 0.3) is 0 Å². The van der Waals surface area contributed by atoms with Crippen molar-refractivity contribution in [1.82, 2.24) is 4.90 Å². The highest BCUT2D eigenvalue weighted by Gasteiger charge is 2.49. The number of benzene rings is 2. The summed E-state index contributed by atoms with van der Waals surface area (Å²) in [5.41, 5.74) is 9.49. The first-order valence-corrected chi connectivity index (χ1v) is 9.45. The molecule has 25 heavy (non-hydrogen) atoms. The zero-order valence-corrected chi connectivity index (χ0v) is 14.9. The summed E-state index contributed by atoms with van der Waals surface area (Å²) in [7, 11) is 0. The van der Waals surface area contributed by atoms with Gasteiger partial charge in [-0.25, -0.2) is 0 Å². The number of hydrogen-bond donors (Lipinski definition) is 2. The molecule has 3 nitrogen and oxygen atoms in total. The van der Waals surface area contributed by atoms with E-state index in [2.05, 4.69) is 53.4 Å². The molecule has 3 atom stereocenters. The van der Waals surface area contributed by atoms with Crippen LogP contribution in [0.4, 0.5) is 0 Å². The summed E-state index contributed by atoms with van der Waals surface area (Å²) in [6.07, 6.45) is 4.13. The Hall–Kier alpha value is -1.68. The van der Waals surface area contributed by atoms with Crippen LogP contribution >= 0.6 is 0 Å². The first-order valence-electron chi connectivity index (χ1n) is 9.45. The molecular weight excluding hydrogens is 308 g/mol. The molecule has 2 aromatic carbocycles. The van der Waals surface area contributed by atoms with Gasteiger partial charge in [0.05, 0.1) is 0 Å². The molecule has 0 bridgehead atoms. The molecular formula is C22H28N2O. The summed E-state index contributed by atoms with van der Waals surface area (Å²) in [4.78, 5) is 2.27. The number of nitrogens with two attached hydrogens (primary N) is 1. The van der Waals surface area contributed by atoms with Crippen LogP contribution in [0.1, 0.15) is 31.7 Å². The van der Waals surface area contributed by atoms with Gasteiger partial charge in [-0.15, -0.1) is 0 Å². The first kappa shape index (κ1) is 16.8. The third kappa shape index (κ3) is 3.37. The molecule has 0 aromatic heterocycles. The lowest BCUT2D eigenvalue weighted by Crippen LogP contribution is -2.54. The van der Waals surface area contributed by atoms with E-state index in [1.165, 1.54) is 16.7 Å². The standard InChI is InChI=1S/C22H28N2O/c1-22(25,19-10-11-19)24-13-12-20(23)21(24)15-16-6-5-9-18(14-16)17-7-3-2-4-8-17/h2-9,14,19-21,25H,10-13,15,23H2,1H3. The minimum atomic E-state index is -0.712. The van der Waals surface area contributed by atoms with Crippen LogP contribution in [0, 0.1) is 5.92 Å². The van der Waals surface area contributed by atoms with Crippen LogP contribution in [0.5, 0.6) is 0 Å². The third-order valence-electron chi connectivity index (χ3n) is 6.01. The van der Waals surface area contributed by atoms with Gasteiger partial charge in [-0.2, -0.15) is 0 Å². The Morgan fingerprint density at radius 1 is 1.04 bits per heavy atom. The Bertz CT molecular complexity index is 724. The van der Waals surface area contributed by atoms with E-state index in [1.807, 2.05) is 13.0 Å². The quantitative estimate of drug-likeness (QED) is 0.880. The fourth-order valence-electron chi connectivity index (χ4n) is 4.32. The summed E-state index contributed by atoms with van der Waals surface area (Å²) in [6.45, 7) is 2.88. The molecule has 4 rings (SSSR count). The monoisotopic (exact) mass is 336 g/mol. The molecule has 3 N–H and O–H groups in total. The lowest BCUT2D eigenvalue weighted by Gasteiger charge is -2.39. The van der Waals surface area contributed by atoms with Crippen molar-refractivity contribution in [2.75, 3.05) is 6.54 Å². The van der Waals surface area contributed by atoms with E-state index >= 15 is 0 Å². The maximum atomic E-state index is 11.0. The summed E-state index contributed by atoms with van der Waals surface area (Å²) < 4.78 is 0. The Morgan fingerprint density at radius 3 is 2.48 bits per heavy atom. The van der Waals surface area contributed by atoms with Crippen molar-refractivity contribution >= 4 is 0 Å². The van der Waals surface area contributed by atoms with Crippen molar-refractivity contribution in [3.63, 3.8) is 0 Å². The number of aliphatic hydroxyl groups is 1. The molecule has 3 unspecified atom stereocenters. The van der Waals surface area contributed by atoms with Crippen LogP contribution in [0.15, 0.2) is 54.6 Å². The second-order valence-electron chi connectivity index (χ2n) is 7.85. The topological polar surface area (TPSA) is 49.5 Å². The van der Waals surface area contributed by atoms with E-state index < -0.39 is 5.72 Å². The number of nitrogens with zero attached hydrogens (tertiary/aromatic N) is 1. The minimum absolute atomic E-state index is 0.130. The Labute approximate surface area is 150 Å². The van der Waals surface area contributed by atoms with Crippen LogP contribution in [0.2, 0.25) is 0 Å². The summed E-state index contributed by atoms with van der Waals surface area (Å²) >= 11 is 0. The van der Waals surface area contributed by atoms with E-state index in [-0.39, 0.29) is 12.1 Å². The van der Waals surface area contributed by atoms with Gasteiger partial charge < -0.3 is 10.8 Å². The molecule has 132 valence electrons. The lowest BCUT2D eigenvalue weighted by molar-refractivity contribution is -0.118. The van der Waals surface area contributed by atoms with Crippen LogP contribution in [-0.4, -0.2) is 34.4 Å². The Morgan fingerprint density at radius 2 is 1.76 bits per heavy atom. The second-order valence-corrected chi connectivity index (χ2v) is 7.85. The fraction of sp³-hybridized carbons (Fsp3) is 0.455. The SMILES string of the molecule is CC(O)(C1CC1)N1CCC(N)C1Cc1cccc(-c2ccccc2)c1. The highest BCUT2D eigenvalue weighted by molar-refractivity contribution is 5.63. The Balaban J connectivity index is 1.56. The van der Waals surface area contributed by atoms with Crippen LogP contribution in [-0.2, 0) is 6.42 Å². The largest absolute Gasteiger partial charge is 0.376 e. The average Bonchev–Trinajstić information content (AvgIpc) is 3.42. The Kier molecular flexibility index (Phi) is 4.40. The summed E-state index contributed by atoms with van der Waals surface area (Å²) in [5, 5.41) is 11.0. The number of hydrogen-bond acceptors (Lipinski definition) is 3. The molecule has 1 heterocycles. The fourth-order valence-corrected chi connectivity index (χ4v) is 4.32. The van der Waals surface area contributed by atoms with Crippen molar-refractivity contribution < 1.29 is 5.11 Å². The van der Waals surface area contributed by atoms with Gasteiger partial charge in [0.1, 0.15) is 5.72 Å². The van der Waals surface area contributed by atoms with Gasteiger partial charge in [0, 0.05) is 24.5 Å². The van der Waals surface area contributed by atoms with E-state index in [0.29, 0.717) is 5.92 Å². The maximum absolute atomic E-state index is 11.0. The molecule has 1 aliphatic carbocycles. The second kappa shape index (κ2) is 6.56. The van der Waals surface area contributed by atoms with Gasteiger partial charge in [-0.3, -0.25) is 4.90 Å². The number of likely N-dealkylation sites (tertiary alicyclic amines) is 1. The molecule has 1 saturated carbocycles. The van der Waals surface area contributed by atoms with Gasteiger partial charge >= 0.3 is 0 Å². The smallest absolute Gasteiger partial charge is 0.118 e. The predicted molar refractivity (Wildman–Crippen MR) is 102 cm³/mol. The highest BCUT2D eigenvalue weighted by atomic mass is 16.3. The lowest BCUT2D eigenvalue weighted by atomic mass is 9.95. The molecule has 0 spiro atoms. The van der Waals surface area contributed by atoms with Gasteiger partial charge in [0.15, 0.2) is 0 Å². The molecule has 2 aromatic rings. The van der Waals surface area contributed by atoms with Crippen LogP contribution < -0.4 is 5.73 Å². The molecule has 3 heteroatoms. The third-order valence-corrected chi connectivity index (χ3v) is 6.01. The zero-order chi connectivity index (χ0) is 17.4. The van der Waals surface area contributed by atoms with Crippen molar-refractivity contribution in [1.29, 1.82) is 0 Å². The first-order chi connectivity index (χ1) is 12.1. The normalized spacial score (nSPS) is 26.5. The molecule has 2 fully saturated rings. The van der Waals surface area contributed by atoms with E-state index in [4.69, 9.17) is 5.73 Å². The molecule has 0 radical (unpaired) electrons. The van der Waals surface area contributed by atoms with Crippen molar-refractivity contribution in [2.45, 2.75) is 50.4 Å². The average molecular weight is 336 g/mol. The zero-order valence-electron chi connectivity index (χ0n) is 14.9. The molecule has 0 amide bonds. The van der Waals surface area contributed by atoms with Crippen molar-refractivity contribution in [2.24, 2.45) is 11.7 Å². The maximum Gasteiger partial charge on any atom is 0.118 e. The molecule has 2 aliphatic rings. The van der Waals surface area contributed by atoms with E-state index in [1.54, 1.807) is 0 Å². The number of rotatable bonds is 5. The summed E-state index contributed by atoms with van der Waals surface area (Å²) in [5.74, 6) is 0.413. The summed E-state index contributed by atoms with van der Waals surface area (Å²) in [6, 6.07) is 19.6. The van der Waals surface area contributed by atoms with E-state index in [9.17, 15) is 5.11 Å². The highest BCUT2D eigenvalue weighted by Crippen LogP contribution is 2.44.